The Hall–Kier alpha value is -2.59. The van der Waals surface area contributed by atoms with Crippen LogP contribution in [-0.2, 0) is 17.8 Å². The Morgan fingerprint density at radius 3 is 2.55 bits per heavy atom. The topological polar surface area (TPSA) is 37.3 Å². The first kappa shape index (κ1) is 23.6. The Bertz CT molecular complexity index is 1030. The largest absolute Gasteiger partial charge is 0.353 e. The quantitative estimate of drug-likeness (QED) is 0.414. The van der Waals surface area contributed by atoms with E-state index in [1.807, 2.05) is 6.20 Å². The van der Waals surface area contributed by atoms with Gasteiger partial charge in [-0.25, -0.2) is 0 Å². The smallest absolute Gasteiger partial charge is 0.239 e. The van der Waals surface area contributed by atoms with Crippen LogP contribution >= 0.6 is 0 Å². The van der Waals surface area contributed by atoms with Crippen molar-refractivity contribution in [3.63, 3.8) is 0 Å². The Morgan fingerprint density at radius 2 is 1.79 bits per heavy atom. The second kappa shape index (κ2) is 11.5. The van der Waals surface area contributed by atoms with Gasteiger partial charge < -0.3 is 14.8 Å². The molecular weight excluding hydrogens is 406 g/mol. The first-order valence-electron chi connectivity index (χ1n) is 12.8. The van der Waals surface area contributed by atoms with Crippen LogP contribution in [0.5, 0.6) is 0 Å². The molecule has 0 unspecified atom stereocenters. The standard InChI is InChI=1S/C29H39N3O/c1-3-4-8-23-11-13-24(14-12-23)26-16-15-25-17-19-32(28(25)21-26)22-29(33)30-18-20-31(2)27-9-6-5-7-10-27/h11-17,19,21,27H,3-10,18,20,22H2,1-2H3,(H,30,33). The molecule has 3 aromatic rings. The lowest BCUT2D eigenvalue weighted by atomic mass is 9.94. The van der Waals surface area contributed by atoms with Crippen molar-refractivity contribution in [1.82, 2.24) is 14.8 Å². The van der Waals surface area contributed by atoms with Crippen LogP contribution in [0, 0.1) is 0 Å². The molecule has 2 aromatic carbocycles. The maximum absolute atomic E-state index is 12.6. The molecule has 1 aliphatic rings. The lowest BCUT2D eigenvalue weighted by Crippen LogP contribution is -2.40. The maximum atomic E-state index is 12.6. The third-order valence-corrected chi connectivity index (χ3v) is 7.18. The van der Waals surface area contributed by atoms with Gasteiger partial charge in [-0.1, -0.05) is 69.0 Å². The number of amides is 1. The van der Waals surface area contributed by atoms with Crippen molar-refractivity contribution in [1.29, 1.82) is 0 Å². The van der Waals surface area contributed by atoms with Crippen LogP contribution in [0.3, 0.4) is 0 Å². The van der Waals surface area contributed by atoms with Crippen LogP contribution in [0.25, 0.3) is 22.0 Å². The number of aryl methyl sites for hydroxylation is 1. The summed E-state index contributed by atoms with van der Waals surface area (Å²) in [4.78, 5) is 15.1. The monoisotopic (exact) mass is 445 g/mol. The average molecular weight is 446 g/mol. The summed E-state index contributed by atoms with van der Waals surface area (Å²) in [6, 6.07) is 18.2. The van der Waals surface area contributed by atoms with E-state index in [0.717, 1.165) is 18.5 Å². The van der Waals surface area contributed by atoms with E-state index in [9.17, 15) is 4.79 Å². The minimum Gasteiger partial charge on any atom is -0.353 e. The third kappa shape index (κ3) is 6.26. The summed E-state index contributed by atoms with van der Waals surface area (Å²) in [5.41, 5.74) is 4.92. The van der Waals surface area contributed by atoms with Crippen molar-refractivity contribution >= 4 is 16.8 Å². The number of carbonyl (C=O) groups is 1. The fourth-order valence-electron chi connectivity index (χ4n) is 5.03. The van der Waals surface area contributed by atoms with Gasteiger partial charge in [-0.2, -0.15) is 0 Å². The highest BCUT2D eigenvalue weighted by Crippen LogP contribution is 2.26. The SMILES string of the molecule is CCCCc1ccc(-c2ccc3ccn(CC(=O)NCCN(C)C4CCCCC4)c3c2)cc1. The minimum atomic E-state index is 0.0789. The van der Waals surface area contributed by atoms with Gasteiger partial charge >= 0.3 is 0 Å². The molecule has 0 saturated heterocycles. The van der Waals surface area contributed by atoms with E-state index in [1.165, 1.54) is 67.0 Å². The van der Waals surface area contributed by atoms with Crippen molar-refractivity contribution in [3.05, 3.63) is 60.3 Å². The summed E-state index contributed by atoms with van der Waals surface area (Å²) in [5, 5.41) is 4.29. The fraction of sp³-hybridized carbons (Fsp3) is 0.483. The molecule has 1 fully saturated rings. The number of unbranched alkanes of at least 4 members (excludes halogenated alkanes) is 1. The number of likely N-dealkylation sites (N-methyl/N-ethyl adjacent to an activating group) is 1. The number of carbonyl (C=O) groups excluding carboxylic acids is 1. The molecule has 0 aliphatic heterocycles. The van der Waals surface area contributed by atoms with Crippen molar-refractivity contribution in [2.24, 2.45) is 0 Å². The summed E-state index contributed by atoms with van der Waals surface area (Å²) in [5.74, 6) is 0.0789. The van der Waals surface area contributed by atoms with Crippen LogP contribution in [0.1, 0.15) is 57.4 Å². The van der Waals surface area contributed by atoms with Crippen LogP contribution in [0.4, 0.5) is 0 Å². The molecule has 1 N–H and O–H groups in total. The second-order valence-corrected chi connectivity index (χ2v) is 9.64. The van der Waals surface area contributed by atoms with Gasteiger partial charge in [-0.3, -0.25) is 4.79 Å². The summed E-state index contributed by atoms with van der Waals surface area (Å²) in [6.45, 7) is 4.22. The lowest BCUT2D eigenvalue weighted by Gasteiger charge is -2.31. The molecule has 4 nitrogen and oxygen atoms in total. The number of aromatic nitrogens is 1. The highest BCUT2D eigenvalue weighted by molar-refractivity contribution is 5.87. The number of hydrogen-bond donors (Lipinski definition) is 1. The molecule has 0 spiro atoms. The van der Waals surface area contributed by atoms with E-state index in [1.54, 1.807) is 0 Å². The zero-order valence-corrected chi connectivity index (χ0v) is 20.4. The molecule has 0 bridgehead atoms. The number of nitrogens with one attached hydrogen (secondary N) is 1. The van der Waals surface area contributed by atoms with Gasteiger partial charge in [0, 0.05) is 30.8 Å². The van der Waals surface area contributed by atoms with E-state index in [2.05, 4.69) is 77.3 Å². The molecule has 4 rings (SSSR count). The molecule has 1 aromatic heterocycles. The van der Waals surface area contributed by atoms with Gasteiger partial charge in [0.25, 0.3) is 0 Å². The first-order chi connectivity index (χ1) is 16.1. The fourth-order valence-corrected chi connectivity index (χ4v) is 5.03. The highest BCUT2D eigenvalue weighted by Gasteiger charge is 2.17. The Balaban J connectivity index is 1.35. The molecule has 1 aliphatic carbocycles. The van der Waals surface area contributed by atoms with Crippen LogP contribution in [-0.4, -0.2) is 41.6 Å². The molecule has 0 atom stereocenters. The molecule has 4 heteroatoms. The first-order valence-corrected chi connectivity index (χ1v) is 12.8. The highest BCUT2D eigenvalue weighted by atomic mass is 16.1. The maximum Gasteiger partial charge on any atom is 0.239 e. The van der Waals surface area contributed by atoms with Gasteiger partial charge in [0.1, 0.15) is 6.54 Å². The summed E-state index contributed by atoms with van der Waals surface area (Å²) >= 11 is 0. The predicted octanol–water partition coefficient (Wildman–Crippen LogP) is 6.03. The Kier molecular flexibility index (Phi) is 8.22. The van der Waals surface area contributed by atoms with Crippen LogP contribution < -0.4 is 5.32 Å². The average Bonchev–Trinajstić information content (AvgIpc) is 3.25. The molecule has 33 heavy (non-hydrogen) atoms. The number of nitrogens with zero attached hydrogens (tertiary/aromatic N) is 2. The number of hydrogen-bond acceptors (Lipinski definition) is 2. The van der Waals surface area contributed by atoms with E-state index in [-0.39, 0.29) is 5.91 Å². The second-order valence-electron chi connectivity index (χ2n) is 9.64. The van der Waals surface area contributed by atoms with Gasteiger partial charge in [-0.15, -0.1) is 0 Å². The van der Waals surface area contributed by atoms with E-state index in [4.69, 9.17) is 0 Å². The van der Waals surface area contributed by atoms with Gasteiger partial charge in [0.15, 0.2) is 0 Å². The van der Waals surface area contributed by atoms with E-state index in [0.29, 0.717) is 19.1 Å². The molecule has 1 heterocycles. The number of rotatable bonds is 10. The number of fused-ring (bicyclic) bond motifs is 1. The normalized spacial score (nSPS) is 14.8. The summed E-state index contributed by atoms with van der Waals surface area (Å²) < 4.78 is 2.06. The van der Waals surface area contributed by atoms with Crippen LogP contribution in [0.15, 0.2) is 54.7 Å². The van der Waals surface area contributed by atoms with Crippen LogP contribution in [0.2, 0.25) is 0 Å². The summed E-state index contributed by atoms with van der Waals surface area (Å²) in [6.07, 6.45) is 12.3. The van der Waals surface area contributed by atoms with Crippen molar-refractivity contribution in [2.45, 2.75) is 70.9 Å². The van der Waals surface area contributed by atoms with Gasteiger partial charge in [-0.05, 0) is 66.9 Å². The molecular formula is C29H39N3O. The van der Waals surface area contributed by atoms with Crippen molar-refractivity contribution < 1.29 is 4.79 Å². The lowest BCUT2D eigenvalue weighted by molar-refractivity contribution is -0.121. The number of benzene rings is 2. The van der Waals surface area contributed by atoms with Crippen molar-refractivity contribution in [2.75, 3.05) is 20.1 Å². The Morgan fingerprint density at radius 1 is 1.03 bits per heavy atom. The van der Waals surface area contributed by atoms with Crippen molar-refractivity contribution in [3.8, 4) is 11.1 Å². The zero-order valence-electron chi connectivity index (χ0n) is 20.4. The molecule has 1 amide bonds. The van der Waals surface area contributed by atoms with Gasteiger partial charge in [0.2, 0.25) is 5.91 Å². The van der Waals surface area contributed by atoms with E-state index < -0.39 is 0 Å². The van der Waals surface area contributed by atoms with Gasteiger partial charge in [0.05, 0.1) is 0 Å². The molecule has 0 radical (unpaired) electrons. The van der Waals surface area contributed by atoms with E-state index >= 15 is 0 Å². The predicted molar refractivity (Wildman–Crippen MR) is 138 cm³/mol. The zero-order chi connectivity index (χ0) is 23.0. The third-order valence-electron chi connectivity index (χ3n) is 7.18. The summed E-state index contributed by atoms with van der Waals surface area (Å²) in [7, 11) is 2.19. The molecule has 1 saturated carbocycles. The minimum absolute atomic E-state index is 0.0789. The molecule has 176 valence electrons. The Labute approximate surface area is 199 Å².